The zero-order valence-electron chi connectivity index (χ0n) is 9.76. The van der Waals surface area contributed by atoms with Gasteiger partial charge in [0.15, 0.2) is 0 Å². The lowest BCUT2D eigenvalue weighted by Crippen LogP contribution is -2.51. The average Bonchev–Trinajstić information content (AvgIpc) is 2.12. The predicted octanol–water partition coefficient (Wildman–Crippen LogP) is 0.988. The smallest absolute Gasteiger partial charge is 0.312 e. The molecule has 0 saturated heterocycles. The molecule has 0 aliphatic carbocycles. The first-order valence-electron chi connectivity index (χ1n) is 5.00. The molecule has 15 heavy (non-hydrogen) atoms. The fraction of sp³-hybridized carbons (Fsp3) is 0.800. The zero-order chi connectivity index (χ0) is 12.1. The van der Waals surface area contributed by atoms with Crippen molar-refractivity contribution in [1.82, 2.24) is 10.2 Å². The van der Waals surface area contributed by atoms with Gasteiger partial charge in [0.1, 0.15) is 0 Å². The van der Waals surface area contributed by atoms with E-state index in [0.29, 0.717) is 19.0 Å². The van der Waals surface area contributed by atoms with Crippen molar-refractivity contribution in [3.05, 3.63) is 0 Å². The normalized spacial score (nSPS) is 11.0. The highest BCUT2D eigenvalue weighted by Crippen LogP contribution is 2.12. The maximum absolute atomic E-state index is 11.7. The molecule has 0 unspecified atom stereocenters. The Kier molecular flexibility index (Phi) is 5.65. The minimum atomic E-state index is -0.590. The first kappa shape index (κ1) is 14.2. The highest BCUT2D eigenvalue weighted by atomic mass is 35.5. The van der Waals surface area contributed by atoms with Crippen molar-refractivity contribution in [2.24, 2.45) is 0 Å². The van der Waals surface area contributed by atoms with Crippen LogP contribution in [-0.4, -0.2) is 41.2 Å². The lowest BCUT2D eigenvalue weighted by Gasteiger charge is -2.34. The van der Waals surface area contributed by atoms with Gasteiger partial charge in [-0.2, -0.15) is 0 Å². The molecule has 0 spiro atoms. The molecule has 88 valence electrons. The first-order valence-corrected chi connectivity index (χ1v) is 5.53. The van der Waals surface area contributed by atoms with Crippen LogP contribution in [0.4, 0.5) is 0 Å². The van der Waals surface area contributed by atoms with E-state index in [1.807, 2.05) is 27.7 Å². The lowest BCUT2D eigenvalue weighted by molar-refractivity contribution is -0.148. The molecular formula is C10H19ClN2O2. The number of hydrogen-bond donors (Lipinski definition) is 1. The van der Waals surface area contributed by atoms with Crippen LogP contribution < -0.4 is 5.32 Å². The van der Waals surface area contributed by atoms with Gasteiger partial charge < -0.3 is 10.2 Å². The van der Waals surface area contributed by atoms with E-state index in [0.717, 1.165) is 0 Å². The van der Waals surface area contributed by atoms with Gasteiger partial charge in [0.2, 0.25) is 0 Å². The van der Waals surface area contributed by atoms with Gasteiger partial charge in [0.05, 0.1) is 0 Å². The maximum Gasteiger partial charge on any atom is 0.312 e. The van der Waals surface area contributed by atoms with Crippen LogP contribution in [-0.2, 0) is 9.59 Å². The summed E-state index contributed by atoms with van der Waals surface area (Å²) in [6.45, 7) is 8.35. The molecule has 0 rings (SSSR count). The molecule has 0 aliphatic rings. The number of carbonyl (C=O) groups excluding carboxylic acids is 2. The molecule has 0 heterocycles. The van der Waals surface area contributed by atoms with E-state index in [1.165, 1.54) is 4.90 Å². The molecule has 0 aromatic heterocycles. The second-order valence-electron chi connectivity index (χ2n) is 4.17. The van der Waals surface area contributed by atoms with Gasteiger partial charge in [-0.1, -0.05) is 0 Å². The van der Waals surface area contributed by atoms with Crippen molar-refractivity contribution in [2.75, 3.05) is 19.0 Å². The number of nitrogens with one attached hydrogen (secondary N) is 1. The Hall–Kier alpha value is -0.770. The number of rotatable bonds is 3. The van der Waals surface area contributed by atoms with Gasteiger partial charge >= 0.3 is 11.8 Å². The molecule has 0 fully saturated rings. The van der Waals surface area contributed by atoms with Crippen molar-refractivity contribution in [2.45, 2.75) is 33.2 Å². The SMILES string of the molecule is CCN(C(=O)C(=O)NCCCl)C(C)(C)C. The summed E-state index contributed by atoms with van der Waals surface area (Å²) in [5, 5.41) is 2.46. The van der Waals surface area contributed by atoms with Crippen LogP contribution in [0.5, 0.6) is 0 Å². The van der Waals surface area contributed by atoms with Gasteiger partial charge in [-0.15, -0.1) is 11.6 Å². The molecule has 0 aromatic carbocycles. The maximum atomic E-state index is 11.7. The molecule has 0 aliphatic heterocycles. The minimum Gasteiger partial charge on any atom is -0.347 e. The van der Waals surface area contributed by atoms with Crippen molar-refractivity contribution in [3.63, 3.8) is 0 Å². The summed E-state index contributed by atoms with van der Waals surface area (Å²) in [7, 11) is 0. The monoisotopic (exact) mass is 234 g/mol. The van der Waals surface area contributed by atoms with Crippen LogP contribution in [0.25, 0.3) is 0 Å². The van der Waals surface area contributed by atoms with Crippen molar-refractivity contribution in [1.29, 1.82) is 0 Å². The second kappa shape index (κ2) is 5.95. The number of nitrogens with zero attached hydrogens (tertiary/aromatic N) is 1. The summed E-state index contributed by atoms with van der Waals surface area (Å²) < 4.78 is 0. The summed E-state index contributed by atoms with van der Waals surface area (Å²) in [5.74, 6) is -0.789. The van der Waals surface area contributed by atoms with E-state index in [-0.39, 0.29) is 5.54 Å². The molecule has 0 saturated carbocycles. The van der Waals surface area contributed by atoms with Crippen LogP contribution >= 0.6 is 11.6 Å². The number of halogens is 1. The first-order chi connectivity index (χ1) is 6.84. The van der Waals surface area contributed by atoms with Gasteiger partial charge in [-0.3, -0.25) is 9.59 Å². The van der Waals surface area contributed by atoms with E-state index in [1.54, 1.807) is 0 Å². The Morgan fingerprint density at radius 1 is 1.33 bits per heavy atom. The third kappa shape index (κ3) is 4.51. The van der Waals surface area contributed by atoms with Gasteiger partial charge in [0.25, 0.3) is 0 Å². The molecule has 1 N–H and O–H groups in total. The number of amides is 2. The van der Waals surface area contributed by atoms with Crippen LogP contribution in [0.15, 0.2) is 0 Å². The third-order valence-electron chi connectivity index (χ3n) is 1.95. The molecular weight excluding hydrogens is 216 g/mol. The standard InChI is InChI=1S/C10H19ClN2O2/c1-5-13(10(2,3)4)9(15)8(14)12-7-6-11/h5-7H2,1-4H3,(H,12,14). The Morgan fingerprint density at radius 2 is 1.87 bits per heavy atom. The number of carbonyl (C=O) groups is 2. The minimum absolute atomic E-state index is 0.306. The van der Waals surface area contributed by atoms with Gasteiger partial charge in [-0.25, -0.2) is 0 Å². The van der Waals surface area contributed by atoms with Gasteiger partial charge in [-0.05, 0) is 27.7 Å². The summed E-state index contributed by atoms with van der Waals surface area (Å²) in [6, 6.07) is 0. The number of likely N-dealkylation sites (N-methyl/N-ethyl adjacent to an activating group) is 1. The molecule has 0 bridgehead atoms. The summed E-state index contributed by atoms with van der Waals surface area (Å²) >= 11 is 5.41. The van der Waals surface area contributed by atoms with Crippen LogP contribution in [0.2, 0.25) is 0 Å². The zero-order valence-corrected chi connectivity index (χ0v) is 10.5. The third-order valence-corrected chi connectivity index (χ3v) is 2.13. The molecule has 2 amide bonds. The van der Waals surface area contributed by atoms with Gasteiger partial charge in [0, 0.05) is 24.5 Å². The van der Waals surface area contributed by atoms with E-state index >= 15 is 0 Å². The largest absolute Gasteiger partial charge is 0.347 e. The molecule has 0 atom stereocenters. The predicted molar refractivity (Wildman–Crippen MR) is 60.9 cm³/mol. The topological polar surface area (TPSA) is 49.4 Å². The Morgan fingerprint density at radius 3 is 2.20 bits per heavy atom. The summed E-state index contributed by atoms with van der Waals surface area (Å²) in [5.41, 5.74) is -0.343. The van der Waals surface area contributed by atoms with Crippen LogP contribution in [0.1, 0.15) is 27.7 Å². The number of hydrogen-bond acceptors (Lipinski definition) is 2. The van der Waals surface area contributed by atoms with E-state index in [2.05, 4.69) is 5.32 Å². The van der Waals surface area contributed by atoms with Crippen molar-refractivity contribution in [3.8, 4) is 0 Å². The molecule has 0 aromatic rings. The quantitative estimate of drug-likeness (QED) is 0.585. The second-order valence-corrected chi connectivity index (χ2v) is 4.54. The van der Waals surface area contributed by atoms with E-state index < -0.39 is 11.8 Å². The highest BCUT2D eigenvalue weighted by Gasteiger charge is 2.29. The van der Waals surface area contributed by atoms with E-state index in [9.17, 15) is 9.59 Å². The van der Waals surface area contributed by atoms with Crippen LogP contribution in [0.3, 0.4) is 0 Å². The molecule has 5 heteroatoms. The van der Waals surface area contributed by atoms with E-state index in [4.69, 9.17) is 11.6 Å². The Balaban J connectivity index is 4.46. The van der Waals surface area contributed by atoms with Crippen LogP contribution in [0, 0.1) is 0 Å². The Bertz CT molecular complexity index is 236. The lowest BCUT2D eigenvalue weighted by atomic mass is 10.1. The summed E-state index contributed by atoms with van der Waals surface area (Å²) in [6.07, 6.45) is 0. The summed E-state index contributed by atoms with van der Waals surface area (Å²) in [4.78, 5) is 24.6. The number of alkyl halides is 1. The fourth-order valence-electron chi connectivity index (χ4n) is 1.28. The molecule has 4 nitrogen and oxygen atoms in total. The highest BCUT2D eigenvalue weighted by molar-refractivity contribution is 6.35. The average molecular weight is 235 g/mol. The fourth-order valence-corrected chi connectivity index (χ4v) is 1.38. The van der Waals surface area contributed by atoms with Crippen molar-refractivity contribution >= 4 is 23.4 Å². The Labute approximate surface area is 96.0 Å². The van der Waals surface area contributed by atoms with Crippen molar-refractivity contribution < 1.29 is 9.59 Å². The molecule has 0 radical (unpaired) electrons.